The molecule has 0 bridgehead atoms. The maximum atomic E-state index is 5.95. The summed E-state index contributed by atoms with van der Waals surface area (Å²) in [6.07, 6.45) is 2.53. The van der Waals surface area contributed by atoms with Crippen molar-refractivity contribution in [2.45, 2.75) is 19.4 Å². The predicted molar refractivity (Wildman–Crippen MR) is 64.4 cm³/mol. The van der Waals surface area contributed by atoms with Crippen molar-refractivity contribution in [2.75, 3.05) is 7.11 Å². The summed E-state index contributed by atoms with van der Waals surface area (Å²) in [6.45, 7) is 5.80. The summed E-state index contributed by atoms with van der Waals surface area (Å²) in [6, 6.07) is 3.72. The molecule has 0 fully saturated rings. The lowest BCUT2D eigenvalue weighted by Gasteiger charge is -2.11. The van der Waals surface area contributed by atoms with Gasteiger partial charge in [0, 0.05) is 18.3 Å². The molecule has 0 amide bonds. The molecule has 0 saturated carbocycles. The molecule has 0 aromatic carbocycles. The highest BCUT2D eigenvalue weighted by Crippen LogP contribution is 2.18. The molecule has 3 nitrogen and oxygen atoms in total. The van der Waals surface area contributed by atoms with Gasteiger partial charge in [0.05, 0.1) is 7.11 Å². The molecule has 0 unspecified atom stereocenters. The topological polar surface area (TPSA) is 48.1 Å². The average Bonchev–Trinajstić information content (AvgIpc) is 2.17. The zero-order chi connectivity index (χ0) is 10.6. The minimum absolute atomic E-state index is 0. The van der Waals surface area contributed by atoms with Gasteiger partial charge in [0.15, 0.2) is 0 Å². The number of halogens is 1. The number of nitrogens with zero attached hydrogens (tertiary/aromatic N) is 1. The Kier molecular flexibility index (Phi) is 5.97. The van der Waals surface area contributed by atoms with Crippen LogP contribution in [0, 0.1) is 0 Å². The van der Waals surface area contributed by atoms with Crippen molar-refractivity contribution in [3.05, 3.63) is 36.0 Å². The van der Waals surface area contributed by atoms with Gasteiger partial charge in [-0.2, -0.15) is 0 Å². The monoisotopic (exact) mass is 228 g/mol. The van der Waals surface area contributed by atoms with Gasteiger partial charge in [-0.1, -0.05) is 11.6 Å². The molecule has 0 radical (unpaired) electrons. The van der Waals surface area contributed by atoms with Crippen molar-refractivity contribution >= 4 is 12.4 Å². The van der Waals surface area contributed by atoms with Gasteiger partial charge >= 0.3 is 0 Å². The maximum absolute atomic E-state index is 5.95. The first-order chi connectivity index (χ1) is 6.63. The summed E-state index contributed by atoms with van der Waals surface area (Å²) in [5.41, 5.74) is 8.03. The van der Waals surface area contributed by atoms with Gasteiger partial charge in [-0.15, -0.1) is 19.0 Å². The maximum Gasteiger partial charge on any atom is 0.212 e. The molecule has 0 aliphatic rings. The third kappa shape index (κ3) is 4.32. The Morgan fingerprint density at radius 2 is 2.27 bits per heavy atom. The fourth-order valence-electron chi connectivity index (χ4n) is 1.23. The Labute approximate surface area is 96.8 Å². The van der Waals surface area contributed by atoms with Crippen molar-refractivity contribution in [2.24, 2.45) is 5.73 Å². The molecule has 1 atom stereocenters. The molecule has 1 rings (SSSR count). The van der Waals surface area contributed by atoms with Gasteiger partial charge in [-0.3, -0.25) is 0 Å². The summed E-state index contributed by atoms with van der Waals surface area (Å²) in [5.74, 6) is 0.608. The number of ether oxygens (including phenoxy) is 1. The molecular formula is C11H17ClN2O. The predicted octanol–water partition coefficient (Wildman–Crippen LogP) is 2.48. The Morgan fingerprint density at radius 3 is 2.67 bits per heavy atom. The quantitative estimate of drug-likeness (QED) is 0.806. The van der Waals surface area contributed by atoms with Crippen molar-refractivity contribution in [3.63, 3.8) is 0 Å². The van der Waals surface area contributed by atoms with E-state index < -0.39 is 0 Å². The Hall–Kier alpha value is -1.06. The normalized spacial score (nSPS) is 11.4. The zero-order valence-electron chi connectivity index (χ0n) is 9.06. The molecule has 1 aromatic heterocycles. The first-order valence-corrected chi connectivity index (χ1v) is 4.53. The minimum Gasteiger partial charge on any atom is -0.481 e. The summed E-state index contributed by atoms with van der Waals surface area (Å²) >= 11 is 0. The SMILES string of the molecule is C=C(C)C[C@@H](N)c1ccc(OC)nc1.Cl. The minimum atomic E-state index is -0.0223. The standard InChI is InChI=1S/C11H16N2O.ClH/c1-8(2)6-10(12)9-4-5-11(14-3)13-7-9;/h4-5,7,10H,1,6,12H2,2-3H3;1H/t10-;/m1./s1. The molecule has 0 aliphatic heterocycles. The molecular weight excluding hydrogens is 212 g/mol. The molecule has 4 heteroatoms. The van der Waals surface area contributed by atoms with Crippen molar-refractivity contribution in [3.8, 4) is 5.88 Å². The van der Waals surface area contributed by atoms with Crippen LogP contribution in [0.25, 0.3) is 0 Å². The molecule has 84 valence electrons. The number of hydrogen-bond acceptors (Lipinski definition) is 3. The fraction of sp³-hybridized carbons (Fsp3) is 0.364. The Morgan fingerprint density at radius 1 is 1.60 bits per heavy atom. The van der Waals surface area contributed by atoms with Gasteiger partial charge in [-0.25, -0.2) is 4.98 Å². The number of rotatable bonds is 4. The van der Waals surface area contributed by atoms with Crippen molar-refractivity contribution < 1.29 is 4.74 Å². The second-order valence-electron chi connectivity index (χ2n) is 3.40. The van der Waals surface area contributed by atoms with E-state index in [1.807, 2.05) is 19.1 Å². The van der Waals surface area contributed by atoms with E-state index >= 15 is 0 Å². The third-order valence-corrected chi connectivity index (χ3v) is 1.96. The van der Waals surface area contributed by atoms with Crippen LogP contribution in [0.3, 0.4) is 0 Å². The largest absolute Gasteiger partial charge is 0.481 e. The smallest absolute Gasteiger partial charge is 0.212 e. The van der Waals surface area contributed by atoms with Crippen LogP contribution in [0.2, 0.25) is 0 Å². The van der Waals surface area contributed by atoms with E-state index in [1.54, 1.807) is 13.3 Å². The van der Waals surface area contributed by atoms with Crippen LogP contribution >= 0.6 is 12.4 Å². The van der Waals surface area contributed by atoms with Crippen molar-refractivity contribution in [1.29, 1.82) is 0 Å². The van der Waals surface area contributed by atoms with E-state index in [0.29, 0.717) is 5.88 Å². The number of nitrogens with two attached hydrogens (primary N) is 1. The molecule has 0 aliphatic carbocycles. The Balaban J connectivity index is 0.00000196. The summed E-state index contributed by atoms with van der Waals surface area (Å²) < 4.78 is 4.96. The first kappa shape index (κ1) is 13.9. The van der Waals surface area contributed by atoms with Crippen LogP contribution in [0.4, 0.5) is 0 Å². The lowest BCUT2D eigenvalue weighted by atomic mass is 10.0. The highest BCUT2D eigenvalue weighted by molar-refractivity contribution is 5.85. The van der Waals surface area contributed by atoms with E-state index in [4.69, 9.17) is 10.5 Å². The highest BCUT2D eigenvalue weighted by Gasteiger charge is 2.06. The number of aromatic nitrogens is 1. The van der Waals surface area contributed by atoms with Crippen LogP contribution < -0.4 is 10.5 Å². The van der Waals surface area contributed by atoms with Gasteiger partial charge in [0.1, 0.15) is 0 Å². The van der Waals surface area contributed by atoms with Crippen LogP contribution in [0.15, 0.2) is 30.5 Å². The van der Waals surface area contributed by atoms with Crippen LogP contribution in [0.1, 0.15) is 24.9 Å². The fourth-order valence-corrected chi connectivity index (χ4v) is 1.23. The molecule has 1 heterocycles. The van der Waals surface area contributed by atoms with Gasteiger partial charge in [0.2, 0.25) is 5.88 Å². The lowest BCUT2D eigenvalue weighted by molar-refractivity contribution is 0.397. The number of hydrogen-bond donors (Lipinski definition) is 1. The van der Waals surface area contributed by atoms with E-state index in [1.165, 1.54) is 0 Å². The highest BCUT2D eigenvalue weighted by atomic mass is 35.5. The van der Waals surface area contributed by atoms with Crippen LogP contribution in [-0.4, -0.2) is 12.1 Å². The zero-order valence-corrected chi connectivity index (χ0v) is 9.88. The molecule has 2 N–H and O–H groups in total. The van der Waals surface area contributed by atoms with Gasteiger partial charge in [-0.05, 0) is 18.9 Å². The molecule has 0 saturated heterocycles. The summed E-state index contributed by atoms with van der Waals surface area (Å²) in [4.78, 5) is 4.09. The van der Waals surface area contributed by atoms with E-state index in [-0.39, 0.29) is 18.4 Å². The number of methoxy groups -OCH3 is 1. The third-order valence-electron chi connectivity index (χ3n) is 1.96. The van der Waals surface area contributed by atoms with Crippen LogP contribution in [0.5, 0.6) is 5.88 Å². The Bertz CT molecular complexity index is 311. The summed E-state index contributed by atoms with van der Waals surface area (Å²) in [5, 5.41) is 0. The first-order valence-electron chi connectivity index (χ1n) is 4.53. The van der Waals surface area contributed by atoms with Gasteiger partial charge < -0.3 is 10.5 Å². The molecule has 0 spiro atoms. The number of pyridine rings is 1. The molecule has 1 aromatic rings. The van der Waals surface area contributed by atoms with Crippen molar-refractivity contribution in [1.82, 2.24) is 4.98 Å². The van der Waals surface area contributed by atoms with E-state index in [2.05, 4.69) is 11.6 Å². The van der Waals surface area contributed by atoms with Gasteiger partial charge in [0.25, 0.3) is 0 Å². The second kappa shape index (κ2) is 6.43. The average molecular weight is 229 g/mol. The van der Waals surface area contributed by atoms with Crippen LogP contribution in [-0.2, 0) is 0 Å². The van der Waals surface area contributed by atoms with E-state index in [9.17, 15) is 0 Å². The van der Waals surface area contributed by atoms with E-state index in [0.717, 1.165) is 17.6 Å². The molecule has 15 heavy (non-hydrogen) atoms. The second-order valence-corrected chi connectivity index (χ2v) is 3.40. The summed E-state index contributed by atoms with van der Waals surface area (Å²) in [7, 11) is 1.59. The lowest BCUT2D eigenvalue weighted by Crippen LogP contribution is -2.10.